The van der Waals surface area contributed by atoms with Crippen molar-refractivity contribution in [3.05, 3.63) is 65.7 Å². The van der Waals surface area contributed by atoms with Gasteiger partial charge in [0.2, 0.25) is 5.03 Å². The minimum Gasteiger partial charge on any atom is -0.606 e. The molecule has 2 aromatic rings. The van der Waals surface area contributed by atoms with Crippen LogP contribution < -0.4 is 0 Å². The molecule has 16 heavy (non-hydrogen) atoms. The number of aromatic nitrogens is 1. The van der Waals surface area contributed by atoms with Crippen molar-refractivity contribution in [2.75, 3.05) is 0 Å². The highest BCUT2D eigenvalue weighted by Crippen LogP contribution is 2.10. The molecule has 0 aliphatic rings. The van der Waals surface area contributed by atoms with Gasteiger partial charge in [-0.3, -0.25) is 0 Å². The van der Waals surface area contributed by atoms with Gasteiger partial charge in [0, 0.05) is 23.4 Å². The first-order chi connectivity index (χ1) is 7.86. The normalized spacial score (nSPS) is 12.8. The highest BCUT2D eigenvalue weighted by molar-refractivity contribution is 7.94. The predicted molar refractivity (Wildman–Crippen MR) is 66.1 cm³/mol. The Labute approximate surface area is 97.8 Å². The van der Waals surface area contributed by atoms with Gasteiger partial charge in [-0.25, -0.2) is 4.98 Å². The Kier molecular flexibility index (Phi) is 3.75. The zero-order valence-electron chi connectivity index (χ0n) is 8.61. The third-order valence-corrected chi connectivity index (χ3v) is 3.06. The first-order valence-corrected chi connectivity index (χ1v) is 6.12. The molecule has 0 aliphatic heterocycles. The van der Waals surface area contributed by atoms with Gasteiger partial charge in [-0.2, -0.15) is 0 Å². The highest BCUT2D eigenvalue weighted by atomic mass is 32.2. The first kappa shape index (κ1) is 10.9. The van der Waals surface area contributed by atoms with Crippen LogP contribution in [0.4, 0.5) is 0 Å². The van der Waals surface area contributed by atoms with Crippen molar-refractivity contribution in [2.45, 2.75) is 5.03 Å². The fourth-order valence-electron chi connectivity index (χ4n) is 1.24. The summed E-state index contributed by atoms with van der Waals surface area (Å²) < 4.78 is 11.8. The van der Waals surface area contributed by atoms with Crippen LogP contribution in [0, 0.1) is 0 Å². The minimum atomic E-state index is -1.18. The van der Waals surface area contributed by atoms with E-state index in [1.54, 1.807) is 17.7 Å². The van der Waals surface area contributed by atoms with Gasteiger partial charge in [-0.15, -0.1) is 0 Å². The van der Waals surface area contributed by atoms with Gasteiger partial charge in [0.15, 0.2) is 0 Å². The molecule has 0 bridgehead atoms. The summed E-state index contributed by atoms with van der Waals surface area (Å²) in [5.41, 5.74) is 1.03. The summed E-state index contributed by atoms with van der Waals surface area (Å²) >= 11 is -1.18. The lowest BCUT2D eigenvalue weighted by atomic mass is 10.2. The molecule has 0 aliphatic carbocycles. The van der Waals surface area contributed by atoms with E-state index in [0.29, 0.717) is 5.03 Å². The van der Waals surface area contributed by atoms with E-state index in [2.05, 4.69) is 4.98 Å². The standard InChI is InChI=1S/C13H11NOS/c15-16(13-8-4-5-10-14-13)11-9-12-6-2-1-3-7-12/h1-11H. The fourth-order valence-corrected chi connectivity index (χ4v) is 2.04. The molecule has 1 atom stereocenters. The molecule has 2 nitrogen and oxygen atoms in total. The summed E-state index contributed by atoms with van der Waals surface area (Å²) in [5, 5.41) is 2.23. The molecule has 0 amide bonds. The molecule has 0 saturated carbocycles. The topological polar surface area (TPSA) is 36.0 Å². The molecule has 0 spiro atoms. The Morgan fingerprint density at radius 1 is 1.00 bits per heavy atom. The maximum absolute atomic E-state index is 11.8. The average molecular weight is 229 g/mol. The van der Waals surface area contributed by atoms with Gasteiger partial charge < -0.3 is 4.55 Å². The van der Waals surface area contributed by atoms with E-state index in [1.165, 1.54) is 0 Å². The number of hydrogen-bond donors (Lipinski definition) is 0. The van der Waals surface area contributed by atoms with Gasteiger partial charge in [-0.05, 0) is 17.7 Å². The second-order valence-electron chi connectivity index (χ2n) is 3.18. The van der Waals surface area contributed by atoms with E-state index in [-0.39, 0.29) is 0 Å². The summed E-state index contributed by atoms with van der Waals surface area (Å²) in [4.78, 5) is 4.04. The first-order valence-electron chi connectivity index (χ1n) is 4.91. The predicted octanol–water partition coefficient (Wildman–Crippen LogP) is 2.86. The van der Waals surface area contributed by atoms with Crippen molar-refractivity contribution in [1.82, 2.24) is 4.98 Å². The SMILES string of the molecule is [O-][S+](C=Cc1ccccc1)c1ccccn1. The second kappa shape index (κ2) is 5.49. The summed E-state index contributed by atoms with van der Waals surface area (Å²) in [7, 11) is 0. The monoisotopic (exact) mass is 229 g/mol. The lowest BCUT2D eigenvalue weighted by Gasteiger charge is -2.02. The van der Waals surface area contributed by atoms with Crippen molar-refractivity contribution in [2.24, 2.45) is 0 Å². The lowest BCUT2D eigenvalue weighted by Crippen LogP contribution is -1.98. The molecule has 3 heteroatoms. The van der Waals surface area contributed by atoms with Crippen LogP contribution in [0.3, 0.4) is 0 Å². The zero-order chi connectivity index (χ0) is 11.2. The van der Waals surface area contributed by atoms with Crippen LogP contribution in [0.5, 0.6) is 0 Å². The Hall–Kier alpha value is -1.58. The molecule has 1 unspecified atom stereocenters. The summed E-state index contributed by atoms with van der Waals surface area (Å²) in [6.07, 6.45) is 3.48. The lowest BCUT2D eigenvalue weighted by molar-refractivity contribution is 0.600. The Balaban J connectivity index is 2.08. The van der Waals surface area contributed by atoms with Crippen LogP contribution in [0.2, 0.25) is 0 Å². The third kappa shape index (κ3) is 2.95. The van der Waals surface area contributed by atoms with Crippen molar-refractivity contribution in [1.29, 1.82) is 0 Å². The summed E-state index contributed by atoms with van der Waals surface area (Å²) in [6, 6.07) is 15.2. The van der Waals surface area contributed by atoms with Crippen molar-refractivity contribution >= 4 is 17.3 Å². The number of hydrogen-bond acceptors (Lipinski definition) is 2. The fraction of sp³-hybridized carbons (Fsp3) is 0. The van der Waals surface area contributed by atoms with Gasteiger partial charge >= 0.3 is 0 Å². The van der Waals surface area contributed by atoms with Crippen molar-refractivity contribution in [3.8, 4) is 0 Å². The van der Waals surface area contributed by atoms with Crippen LogP contribution in [-0.4, -0.2) is 9.54 Å². The Morgan fingerprint density at radius 3 is 2.44 bits per heavy atom. The van der Waals surface area contributed by atoms with Gasteiger partial charge in [0.05, 0.1) is 0 Å². The number of nitrogens with zero attached hydrogens (tertiary/aromatic N) is 1. The molecule has 2 rings (SSSR count). The molecule has 0 N–H and O–H groups in total. The third-order valence-electron chi connectivity index (χ3n) is 2.03. The largest absolute Gasteiger partial charge is 0.606 e. The van der Waals surface area contributed by atoms with Crippen molar-refractivity contribution in [3.63, 3.8) is 0 Å². The number of rotatable bonds is 3. The quantitative estimate of drug-likeness (QED) is 0.759. The summed E-state index contributed by atoms with van der Waals surface area (Å²) in [5.74, 6) is 0. The summed E-state index contributed by atoms with van der Waals surface area (Å²) in [6.45, 7) is 0. The van der Waals surface area contributed by atoms with E-state index in [1.807, 2.05) is 48.5 Å². The maximum Gasteiger partial charge on any atom is 0.249 e. The van der Waals surface area contributed by atoms with Crippen LogP contribution in [-0.2, 0) is 11.2 Å². The number of pyridine rings is 1. The van der Waals surface area contributed by atoms with Gasteiger partial charge in [0.25, 0.3) is 0 Å². The molecule has 0 fully saturated rings. The van der Waals surface area contributed by atoms with Crippen LogP contribution >= 0.6 is 0 Å². The van der Waals surface area contributed by atoms with Crippen molar-refractivity contribution < 1.29 is 4.55 Å². The van der Waals surface area contributed by atoms with Crippen LogP contribution in [0.15, 0.2) is 65.2 Å². The second-order valence-corrected chi connectivity index (χ2v) is 4.46. The van der Waals surface area contributed by atoms with E-state index < -0.39 is 11.2 Å². The molecule has 1 heterocycles. The number of benzene rings is 1. The minimum absolute atomic E-state index is 0.578. The highest BCUT2D eigenvalue weighted by Gasteiger charge is 2.06. The molecular weight excluding hydrogens is 218 g/mol. The molecule has 0 radical (unpaired) electrons. The van der Waals surface area contributed by atoms with E-state index in [9.17, 15) is 4.55 Å². The zero-order valence-corrected chi connectivity index (χ0v) is 9.43. The molecular formula is C13H11NOS. The van der Waals surface area contributed by atoms with E-state index in [0.717, 1.165) is 5.56 Å². The van der Waals surface area contributed by atoms with E-state index >= 15 is 0 Å². The molecule has 1 aromatic heterocycles. The van der Waals surface area contributed by atoms with Crippen LogP contribution in [0.25, 0.3) is 6.08 Å². The van der Waals surface area contributed by atoms with Crippen LogP contribution in [0.1, 0.15) is 5.56 Å². The molecule has 80 valence electrons. The van der Waals surface area contributed by atoms with Gasteiger partial charge in [-0.1, -0.05) is 36.4 Å². The van der Waals surface area contributed by atoms with Gasteiger partial charge in [0.1, 0.15) is 5.41 Å². The molecule has 1 aromatic carbocycles. The van der Waals surface area contributed by atoms with E-state index in [4.69, 9.17) is 0 Å². The maximum atomic E-state index is 11.8. The average Bonchev–Trinajstić information content (AvgIpc) is 2.38. The molecule has 0 saturated heterocycles. The smallest absolute Gasteiger partial charge is 0.249 e. The Bertz CT molecular complexity index is 456. The Morgan fingerprint density at radius 2 is 1.75 bits per heavy atom.